The zero-order chi connectivity index (χ0) is 24.3. The summed E-state index contributed by atoms with van der Waals surface area (Å²) in [4.78, 5) is -0.286. The minimum Gasteiger partial charge on any atom is -0.496 e. The Labute approximate surface area is 192 Å². The number of nitrogens with zero attached hydrogens (tertiary/aromatic N) is 4. The van der Waals surface area contributed by atoms with Gasteiger partial charge in [-0.15, -0.1) is 15.3 Å². The smallest absolute Gasteiger partial charge is 0.416 e. The van der Waals surface area contributed by atoms with Crippen LogP contribution in [-0.2, 0) is 16.2 Å². The number of fused-ring (bicyclic) bond motifs is 1. The Morgan fingerprint density at radius 3 is 2.44 bits per heavy atom. The highest BCUT2D eigenvalue weighted by Crippen LogP contribution is 2.30. The van der Waals surface area contributed by atoms with Crippen LogP contribution >= 0.6 is 0 Å². The molecular weight excluding hydrogens is 475 g/mol. The fraction of sp³-hybridized carbons (Fsp3) is 0.190. The van der Waals surface area contributed by atoms with Crippen molar-refractivity contribution in [1.82, 2.24) is 24.5 Å². The van der Waals surface area contributed by atoms with Gasteiger partial charge in [-0.1, -0.05) is 12.1 Å². The van der Waals surface area contributed by atoms with Crippen molar-refractivity contribution in [2.75, 3.05) is 20.3 Å². The van der Waals surface area contributed by atoms with E-state index in [0.29, 0.717) is 34.9 Å². The molecule has 178 valence electrons. The van der Waals surface area contributed by atoms with Crippen molar-refractivity contribution >= 4 is 15.7 Å². The Hall–Kier alpha value is -3.71. The van der Waals surface area contributed by atoms with E-state index in [-0.39, 0.29) is 23.9 Å². The van der Waals surface area contributed by atoms with E-state index in [4.69, 9.17) is 9.47 Å². The van der Waals surface area contributed by atoms with Crippen LogP contribution in [0.5, 0.6) is 11.6 Å². The van der Waals surface area contributed by atoms with Gasteiger partial charge in [-0.2, -0.15) is 17.7 Å². The molecule has 34 heavy (non-hydrogen) atoms. The molecule has 0 fully saturated rings. The lowest BCUT2D eigenvalue weighted by molar-refractivity contribution is -0.137. The zero-order valence-electron chi connectivity index (χ0n) is 17.7. The first-order valence-corrected chi connectivity index (χ1v) is 11.3. The molecule has 2 aromatic carbocycles. The largest absolute Gasteiger partial charge is 0.496 e. The highest BCUT2D eigenvalue weighted by molar-refractivity contribution is 7.89. The fourth-order valence-electron chi connectivity index (χ4n) is 3.08. The standard InChI is InChI=1S/C21H18F3N5O4S/c1-32-17-5-3-2-4-16(17)20-27-26-18-10-11-19(28-29(18)20)33-13-12-25-34(30,31)15-8-6-14(7-9-15)21(22,23)24/h2-11,25H,12-13H2,1H3. The predicted octanol–water partition coefficient (Wildman–Crippen LogP) is 3.18. The maximum Gasteiger partial charge on any atom is 0.416 e. The molecule has 13 heteroatoms. The molecule has 1 N–H and O–H groups in total. The minimum absolute atomic E-state index is 0.0789. The topological polar surface area (TPSA) is 108 Å². The molecule has 0 bridgehead atoms. The average Bonchev–Trinajstić information content (AvgIpc) is 3.24. The molecule has 0 aliphatic carbocycles. The molecule has 0 aliphatic rings. The maximum atomic E-state index is 12.7. The third-order valence-electron chi connectivity index (χ3n) is 4.72. The lowest BCUT2D eigenvalue weighted by Crippen LogP contribution is -2.28. The molecule has 0 radical (unpaired) electrons. The lowest BCUT2D eigenvalue weighted by atomic mass is 10.2. The number of methoxy groups -OCH3 is 1. The summed E-state index contributed by atoms with van der Waals surface area (Å²) in [7, 11) is -2.47. The van der Waals surface area contributed by atoms with Crippen LogP contribution in [0.25, 0.3) is 17.0 Å². The van der Waals surface area contributed by atoms with Gasteiger partial charge in [0.1, 0.15) is 12.4 Å². The number of benzene rings is 2. The van der Waals surface area contributed by atoms with Gasteiger partial charge in [-0.25, -0.2) is 13.1 Å². The zero-order valence-corrected chi connectivity index (χ0v) is 18.5. The van der Waals surface area contributed by atoms with Crippen LogP contribution in [0.4, 0.5) is 13.2 Å². The van der Waals surface area contributed by atoms with E-state index < -0.39 is 21.8 Å². The van der Waals surface area contributed by atoms with E-state index in [1.54, 1.807) is 24.3 Å². The van der Waals surface area contributed by atoms with Crippen LogP contribution < -0.4 is 14.2 Å². The molecule has 0 unspecified atom stereocenters. The molecule has 4 rings (SSSR count). The summed E-state index contributed by atoms with van der Waals surface area (Å²) in [6, 6.07) is 13.6. The summed E-state index contributed by atoms with van der Waals surface area (Å²) < 4.78 is 77.2. The molecule has 0 saturated carbocycles. The highest BCUT2D eigenvalue weighted by atomic mass is 32.2. The van der Waals surface area contributed by atoms with Crippen molar-refractivity contribution < 1.29 is 31.1 Å². The van der Waals surface area contributed by atoms with Gasteiger partial charge in [0.2, 0.25) is 15.9 Å². The predicted molar refractivity (Wildman–Crippen MR) is 115 cm³/mol. The van der Waals surface area contributed by atoms with Crippen molar-refractivity contribution in [3.05, 3.63) is 66.2 Å². The fourth-order valence-corrected chi connectivity index (χ4v) is 4.10. The first kappa shape index (κ1) is 23.4. The number of hydrogen-bond acceptors (Lipinski definition) is 7. The third-order valence-corrected chi connectivity index (χ3v) is 6.20. The Morgan fingerprint density at radius 1 is 1.00 bits per heavy atom. The van der Waals surface area contributed by atoms with E-state index in [9.17, 15) is 21.6 Å². The van der Waals surface area contributed by atoms with E-state index in [1.165, 1.54) is 11.6 Å². The van der Waals surface area contributed by atoms with Crippen LogP contribution in [0, 0.1) is 0 Å². The minimum atomic E-state index is -4.55. The second-order valence-corrected chi connectivity index (χ2v) is 8.70. The van der Waals surface area contributed by atoms with Crippen molar-refractivity contribution in [2.45, 2.75) is 11.1 Å². The number of rotatable bonds is 8. The van der Waals surface area contributed by atoms with Crippen molar-refractivity contribution in [3.63, 3.8) is 0 Å². The SMILES string of the molecule is COc1ccccc1-c1nnc2ccc(OCCNS(=O)(=O)c3ccc(C(F)(F)F)cc3)nn12. The molecule has 0 spiro atoms. The molecule has 9 nitrogen and oxygen atoms in total. The maximum absolute atomic E-state index is 12.7. The third kappa shape index (κ3) is 4.94. The normalized spacial score (nSPS) is 12.1. The van der Waals surface area contributed by atoms with E-state index in [1.807, 2.05) is 12.1 Å². The second kappa shape index (κ2) is 9.27. The highest BCUT2D eigenvalue weighted by Gasteiger charge is 2.30. The van der Waals surface area contributed by atoms with Crippen LogP contribution in [0.3, 0.4) is 0 Å². The number of para-hydroxylation sites is 1. The van der Waals surface area contributed by atoms with Gasteiger partial charge >= 0.3 is 6.18 Å². The molecular formula is C21H18F3N5O4S. The van der Waals surface area contributed by atoms with Crippen molar-refractivity contribution in [1.29, 1.82) is 0 Å². The molecule has 4 aromatic rings. The molecule has 0 amide bonds. The van der Waals surface area contributed by atoms with Crippen LogP contribution in [0.1, 0.15) is 5.56 Å². The monoisotopic (exact) mass is 493 g/mol. The number of ether oxygens (including phenoxy) is 2. The van der Waals surface area contributed by atoms with E-state index >= 15 is 0 Å². The van der Waals surface area contributed by atoms with Crippen LogP contribution in [0.2, 0.25) is 0 Å². The van der Waals surface area contributed by atoms with Gasteiger partial charge in [0.05, 0.1) is 23.1 Å². The van der Waals surface area contributed by atoms with Gasteiger partial charge in [0, 0.05) is 12.6 Å². The van der Waals surface area contributed by atoms with Gasteiger partial charge in [0.25, 0.3) is 0 Å². The summed E-state index contributed by atoms with van der Waals surface area (Å²) in [5, 5.41) is 12.6. The number of alkyl halides is 3. The average molecular weight is 493 g/mol. The summed E-state index contributed by atoms with van der Waals surface area (Å²) in [6.45, 7) is -0.213. The summed E-state index contributed by atoms with van der Waals surface area (Å²) in [5.41, 5.74) is 0.209. The number of nitrogens with one attached hydrogen (secondary N) is 1. The summed E-state index contributed by atoms with van der Waals surface area (Å²) in [6.07, 6.45) is -4.55. The van der Waals surface area contributed by atoms with Crippen LogP contribution in [-0.4, -0.2) is 48.5 Å². The van der Waals surface area contributed by atoms with Crippen molar-refractivity contribution in [2.24, 2.45) is 0 Å². The number of hydrogen-bond donors (Lipinski definition) is 1. The van der Waals surface area contributed by atoms with Gasteiger partial charge < -0.3 is 9.47 Å². The van der Waals surface area contributed by atoms with Crippen molar-refractivity contribution in [3.8, 4) is 23.0 Å². The molecule has 2 aromatic heterocycles. The van der Waals surface area contributed by atoms with Crippen LogP contribution in [0.15, 0.2) is 65.6 Å². The number of sulfonamides is 1. The molecule has 0 saturated heterocycles. The summed E-state index contributed by atoms with van der Waals surface area (Å²) in [5.74, 6) is 1.21. The molecule has 2 heterocycles. The van der Waals surface area contributed by atoms with Gasteiger partial charge in [0.15, 0.2) is 11.5 Å². The Balaban J connectivity index is 1.42. The second-order valence-electron chi connectivity index (χ2n) is 6.93. The van der Waals surface area contributed by atoms with Gasteiger partial charge in [-0.05, 0) is 42.5 Å². The number of halogens is 3. The van der Waals surface area contributed by atoms with Gasteiger partial charge in [-0.3, -0.25) is 0 Å². The Bertz CT molecular complexity index is 1410. The van der Waals surface area contributed by atoms with E-state index in [0.717, 1.165) is 12.1 Å². The Kier molecular flexibility index (Phi) is 6.39. The first-order valence-electron chi connectivity index (χ1n) is 9.84. The molecule has 0 atom stereocenters. The Morgan fingerprint density at radius 2 is 1.74 bits per heavy atom. The lowest BCUT2D eigenvalue weighted by Gasteiger charge is -2.10. The number of aromatic nitrogens is 4. The first-order chi connectivity index (χ1) is 16.2. The van der Waals surface area contributed by atoms with E-state index in [2.05, 4.69) is 20.0 Å². The molecule has 0 aliphatic heterocycles. The quantitative estimate of drug-likeness (QED) is 0.376. The summed E-state index contributed by atoms with van der Waals surface area (Å²) >= 11 is 0.